The fourth-order valence-electron chi connectivity index (χ4n) is 2.88. The van der Waals surface area contributed by atoms with Crippen molar-refractivity contribution in [2.75, 3.05) is 0 Å². The lowest BCUT2D eigenvalue weighted by molar-refractivity contribution is 0.105. The molecule has 3 aromatic carbocycles. The maximum Gasteiger partial charge on any atom is 0.193 e. The Labute approximate surface area is 143 Å². The molecule has 0 spiro atoms. The number of carbonyl (C=O) groups is 1. The molecular weight excluding hydrogens is 292 g/mol. The van der Waals surface area contributed by atoms with Gasteiger partial charge in [0.05, 0.1) is 0 Å². The number of rotatable bonds is 4. The van der Waals surface area contributed by atoms with E-state index in [0.29, 0.717) is 5.56 Å². The summed E-state index contributed by atoms with van der Waals surface area (Å²) >= 11 is 0. The van der Waals surface area contributed by atoms with E-state index in [0.717, 1.165) is 22.3 Å². The second-order valence-electron chi connectivity index (χ2n) is 5.93. The molecule has 0 aromatic heterocycles. The van der Waals surface area contributed by atoms with Gasteiger partial charge in [0.1, 0.15) is 0 Å². The maximum absolute atomic E-state index is 13.2. The van der Waals surface area contributed by atoms with E-state index in [1.54, 1.807) is 0 Å². The van der Waals surface area contributed by atoms with Crippen LogP contribution < -0.4 is 0 Å². The molecule has 0 radical (unpaired) electrons. The standard InChI is InChI=1S/C23H20O/c1-17-10-9-15-21(16-17)18(2)22(19-11-5-3-6-12-19)23(24)20-13-7-4-8-14-20/h3-16H,1-2H3. The van der Waals surface area contributed by atoms with Crippen molar-refractivity contribution in [2.24, 2.45) is 0 Å². The first kappa shape index (κ1) is 15.9. The number of hydrogen-bond donors (Lipinski definition) is 0. The minimum atomic E-state index is 0.0563. The number of aryl methyl sites for hydroxylation is 1. The molecule has 0 bridgehead atoms. The van der Waals surface area contributed by atoms with Gasteiger partial charge in [0.25, 0.3) is 0 Å². The highest BCUT2D eigenvalue weighted by Crippen LogP contribution is 2.29. The van der Waals surface area contributed by atoms with Gasteiger partial charge in [-0.05, 0) is 30.5 Å². The van der Waals surface area contributed by atoms with Gasteiger partial charge >= 0.3 is 0 Å². The molecule has 0 amide bonds. The highest BCUT2D eigenvalue weighted by atomic mass is 16.1. The van der Waals surface area contributed by atoms with Gasteiger partial charge in [-0.3, -0.25) is 4.79 Å². The zero-order valence-corrected chi connectivity index (χ0v) is 14.0. The molecule has 3 rings (SSSR count). The van der Waals surface area contributed by atoms with Gasteiger partial charge in [0.15, 0.2) is 5.78 Å². The summed E-state index contributed by atoms with van der Waals surface area (Å²) in [6.07, 6.45) is 0. The number of benzene rings is 3. The number of carbonyl (C=O) groups excluding carboxylic acids is 1. The second kappa shape index (κ2) is 7.10. The van der Waals surface area contributed by atoms with E-state index >= 15 is 0 Å². The smallest absolute Gasteiger partial charge is 0.193 e. The van der Waals surface area contributed by atoms with Crippen LogP contribution in [0.4, 0.5) is 0 Å². The monoisotopic (exact) mass is 312 g/mol. The maximum atomic E-state index is 13.2. The minimum Gasteiger partial charge on any atom is -0.289 e. The van der Waals surface area contributed by atoms with Crippen molar-refractivity contribution < 1.29 is 4.79 Å². The van der Waals surface area contributed by atoms with Gasteiger partial charge in [0, 0.05) is 11.1 Å². The van der Waals surface area contributed by atoms with Gasteiger partial charge in [-0.1, -0.05) is 90.5 Å². The zero-order chi connectivity index (χ0) is 16.9. The van der Waals surface area contributed by atoms with E-state index in [1.165, 1.54) is 5.56 Å². The quantitative estimate of drug-likeness (QED) is 0.337. The lowest BCUT2D eigenvalue weighted by atomic mass is 9.89. The Bertz CT molecular complexity index is 874. The molecule has 24 heavy (non-hydrogen) atoms. The lowest BCUT2D eigenvalue weighted by Gasteiger charge is -2.13. The summed E-state index contributed by atoms with van der Waals surface area (Å²) in [7, 11) is 0. The van der Waals surface area contributed by atoms with Crippen molar-refractivity contribution in [1.82, 2.24) is 0 Å². The highest BCUT2D eigenvalue weighted by Gasteiger charge is 2.17. The third-order valence-electron chi connectivity index (χ3n) is 4.15. The number of Topliss-reactive ketones (excluding diaryl/α,β-unsaturated/α-hetero) is 1. The van der Waals surface area contributed by atoms with Crippen molar-refractivity contribution in [1.29, 1.82) is 0 Å². The second-order valence-corrected chi connectivity index (χ2v) is 5.93. The summed E-state index contributed by atoms with van der Waals surface area (Å²) in [4.78, 5) is 13.2. The van der Waals surface area contributed by atoms with Crippen LogP contribution in [0.2, 0.25) is 0 Å². The topological polar surface area (TPSA) is 17.1 Å². The van der Waals surface area contributed by atoms with Crippen LogP contribution in [0.25, 0.3) is 11.1 Å². The molecule has 0 aliphatic rings. The van der Waals surface area contributed by atoms with E-state index in [4.69, 9.17) is 0 Å². The first-order valence-electron chi connectivity index (χ1n) is 8.10. The third kappa shape index (κ3) is 3.36. The Morgan fingerprint density at radius 2 is 1.21 bits per heavy atom. The molecule has 0 saturated heterocycles. The lowest BCUT2D eigenvalue weighted by Crippen LogP contribution is -2.05. The molecule has 0 heterocycles. The van der Waals surface area contributed by atoms with Crippen LogP contribution in [0.1, 0.15) is 34.0 Å². The van der Waals surface area contributed by atoms with Crippen molar-refractivity contribution in [3.05, 3.63) is 107 Å². The molecule has 118 valence electrons. The predicted molar refractivity (Wildman–Crippen MR) is 101 cm³/mol. The molecule has 1 heteroatoms. The first-order valence-corrected chi connectivity index (χ1v) is 8.10. The van der Waals surface area contributed by atoms with E-state index in [1.807, 2.05) is 73.7 Å². The Hall–Kier alpha value is -2.93. The molecule has 0 N–H and O–H groups in total. The minimum absolute atomic E-state index is 0.0563. The number of ketones is 1. The molecular formula is C23H20O. The van der Waals surface area contributed by atoms with Crippen molar-refractivity contribution in [3.8, 4) is 0 Å². The largest absolute Gasteiger partial charge is 0.289 e. The Balaban J connectivity index is 2.19. The fourth-order valence-corrected chi connectivity index (χ4v) is 2.88. The van der Waals surface area contributed by atoms with Crippen LogP contribution in [0, 0.1) is 6.92 Å². The summed E-state index contributed by atoms with van der Waals surface area (Å²) in [5.74, 6) is 0.0563. The van der Waals surface area contributed by atoms with Crippen LogP contribution in [-0.4, -0.2) is 5.78 Å². The van der Waals surface area contributed by atoms with Gasteiger partial charge in [-0.25, -0.2) is 0 Å². The van der Waals surface area contributed by atoms with E-state index in [2.05, 4.69) is 25.1 Å². The van der Waals surface area contributed by atoms with Crippen molar-refractivity contribution >= 4 is 16.9 Å². The molecule has 1 nitrogen and oxygen atoms in total. The van der Waals surface area contributed by atoms with E-state index in [-0.39, 0.29) is 5.78 Å². The zero-order valence-electron chi connectivity index (χ0n) is 14.0. The normalized spacial score (nSPS) is 11.8. The molecule has 0 saturated carbocycles. The van der Waals surface area contributed by atoms with Crippen LogP contribution in [0.3, 0.4) is 0 Å². The Morgan fingerprint density at radius 1 is 0.667 bits per heavy atom. The molecule has 0 fully saturated rings. The van der Waals surface area contributed by atoms with E-state index < -0.39 is 0 Å². The van der Waals surface area contributed by atoms with Gasteiger partial charge in [-0.15, -0.1) is 0 Å². The third-order valence-corrected chi connectivity index (χ3v) is 4.15. The number of hydrogen-bond acceptors (Lipinski definition) is 1. The Morgan fingerprint density at radius 3 is 1.79 bits per heavy atom. The van der Waals surface area contributed by atoms with Gasteiger partial charge in [0.2, 0.25) is 0 Å². The van der Waals surface area contributed by atoms with Gasteiger partial charge in [-0.2, -0.15) is 0 Å². The van der Waals surface area contributed by atoms with Crippen LogP contribution in [0.5, 0.6) is 0 Å². The molecule has 3 aromatic rings. The predicted octanol–water partition coefficient (Wildman–Crippen LogP) is 5.81. The molecule has 0 unspecified atom stereocenters. The molecule has 0 aliphatic carbocycles. The molecule has 0 atom stereocenters. The summed E-state index contributed by atoms with van der Waals surface area (Å²) in [5, 5.41) is 0. The van der Waals surface area contributed by atoms with Crippen molar-refractivity contribution in [3.63, 3.8) is 0 Å². The summed E-state index contributed by atoms with van der Waals surface area (Å²) < 4.78 is 0. The van der Waals surface area contributed by atoms with Crippen LogP contribution in [-0.2, 0) is 0 Å². The average Bonchev–Trinajstić information content (AvgIpc) is 2.63. The summed E-state index contributed by atoms with van der Waals surface area (Å²) in [6.45, 7) is 4.09. The van der Waals surface area contributed by atoms with Crippen LogP contribution in [0.15, 0.2) is 84.9 Å². The fraction of sp³-hybridized carbons (Fsp3) is 0.0870. The summed E-state index contributed by atoms with van der Waals surface area (Å²) in [5.41, 5.74) is 5.68. The average molecular weight is 312 g/mol. The highest BCUT2D eigenvalue weighted by molar-refractivity contribution is 6.34. The van der Waals surface area contributed by atoms with E-state index in [9.17, 15) is 4.79 Å². The number of allylic oxidation sites excluding steroid dienone is 2. The van der Waals surface area contributed by atoms with Crippen LogP contribution >= 0.6 is 0 Å². The van der Waals surface area contributed by atoms with Gasteiger partial charge < -0.3 is 0 Å². The summed E-state index contributed by atoms with van der Waals surface area (Å²) in [6, 6.07) is 27.6. The van der Waals surface area contributed by atoms with Crippen molar-refractivity contribution in [2.45, 2.75) is 13.8 Å². The molecule has 0 aliphatic heterocycles. The first-order chi connectivity index (χ1) is 11.7. The Kier molecular flexibility index (Phi) is 4.72. The SMILES string of the molecule is CC(=C(C(=O)c1ccccc1)c1ccccc1)c1cccc(C)c1.